The van der Waals surface area contributed by atoms with Crippen LogP contribution in [0.3, 0.4) is 0 Å². The number of hydrogen-bond acceptors (Lipinski definition) is 6. The van der Waals surface area contributed by atoms with Gasteiger partial charge in [0.05, 0.1) is 16.6 Å². The molecule has 142 valence electrons. The van der Waals surface area contributed by atoms with Crippen molar-refractivity contribution < 1.29 is 4.39 Å². The van der Waals surface area contributed by atoms with Gasteiger partial charge in [-0.1, -0.05) is 12.1 Å². The first kappa shape index (κ1) is 17.7. The summed E-state index contributed by atoms with van der Waals surface area (Å²) in [5, 5.41) is 11.5. The van der Waals surface area contributed by atoms with Crippen LogP contribution in [0.15, 0.2) is 48.7 Å². The van der Waals surface area contributed by atoms with E-state index in [0.717, 1.165) is 41.4 Å². The molecule has 0 aliphatic heterocycles. The lowest BCUT2D eigenvalue weighted by Crippen LogP contribution is -2.04. The molecule has 6 N–H and O–H groups in total. The van der Waals surface area contributed by atoms with E-state index in [0.29, 0.717) is 17.2 Å². The van der Waals surface area contributed by atoms with Crippen LogP contribution in [-0.4, -0.2) is 26.7 Å². The van der Waals surface area contributed by atoms with Gasteiger partial charge in [0.2, 0.25) is 5.95 Å². The molecule has 2 aromatic carbocycles. The van der Waals surface area contributed by atoms with Crippen LogP contribution in [0.4, 0.5) is 21.8 Å². The first-order valence-electron chi connectivity index (χ1n) is 8.95. The number of nitrogen functional groups attached to an aromatic ring is 2. The summed E-state index contributed by atoms with van der Waals surface area (Å²) in [4.78, 5) is 8.14. The molecule has 0 aliphatic rings. The maximum Gasteiger partial charge on any atom is 0.220 e. The average Bonchev–Trinajstić information content (AvgIpc) is 3.10. The lowest BCUT2D eigenvalue weighted by molar-refractivity contribution is 0.626. The number of nitrogens with one attached hydrogen (secondary N) is 2. The standard InChI is InChI=1S/C20H20FN7/c21-14-5-3-12(4-6-14)2-1-8-24-19-18-15(22)10-13(11-17(18)27-28-19)16-7-9-25-20(23)26-16/h3-7,9-11H,1-2,8,22H2,(H2,23,25,26)(H2,24,27,28). The molecule has 0 atom stereocenters. The summed E-state index contributed by atoms with van der Waals surface area (Å²) in [6.07, 6.45) is 3.35. The molecule has 0 bridgehead atoms. The van der Waals surface area contributed by atoms with Gasteiger partial charge in [-0.3, -0.25) is 5.10 Å². The van der Waals surface area contributed by atoms with E-state index in [1.54, 1.807) is 24.4 Å². The number of anilines is 3. The summed E-state index contributed by atoms with van der Waals surface area (Å²) in [6, 6.07) is 12.1. The number of fused-ring (bicyclic) bond motifs is 1. The van der Waals surface area contributed by atoms with E-state index < -0.39 is 0 Å². The predicted octanol–water partition coefficient (Wildman–Crippen LogP) is 3.37. The number of aromatic nitrogens is 4. The zero-order chi connectivity index (χ0) is 19.5. The largest absolute Gasteiger partial charge is 0.398 e. The van der Waals surface area contributed by atoms with E-state index in [9.17, 15) is 4.39 Å². The molecule has 7 nitrogen and oxygen atoms in total. The number of hydrogen-bond donors (Lipinski definition) is 4. The molecule has 2 heterocycles. The first-order chi connectivity index (χ1) is 13.6. The van der Waals surface area contributed by atoms with Crippen LogP contribution in [0.25, 0.3) is 22.2 Å². The molecule has 0 radical (unpaired) electrons. The fraction of sp³-hybridized carbons (Fsp3) is 0.150. The Morgan fingerprint density at radius 1 is 1.07 bits per heavy atom. The molecule has 2 aromatic heterocycles. The van der Waals surface area contributed by atoms with Gasteiger partial charge in [-0.05, 0) is 48.7 Å². The zero-order valence-electron chi connectivity index (χ0n) is 15.1. The molecule has 0 spiro atoms. The number of aromatic amines is 1. The molecule has 0 saturated carbocycles. The number of halogens is 1. The number of aryl methyl sites for hydroxylation is 1. The monoisotopic (exact) mass is 377 g/mol. The molecule has 0 saturated heterocycles. The van der Waals surface area contributed by atoms with Gasteiger partial charge in [0, 0.05) is 24.0 Å². The zero-order valence-corrected chi connectivity index (χ0v) is 15.1. The molecule has 0 aliphatic carbocycles. The van der Waals surface area contributed by atoms with Gasteiger partial charge in [-0.25, -0.2) is 14.4 Å². The van der Waals surface area contributed by atoms with Crippen LogP contribution in [0, 0.1) is 5.82 Å². The van der Waals surface area contributed by atoms with E-state index in [4.69, 9.17) is 11.5 Å². The molecule has 4 aromatic rings. The SMILES string of the molecule is Nc1nccc(-c2cc(N)c3c(NCCCc4ccc(F)cc4)n[nH]c3c2)n1. The highest BCUT2D eigenvalue weighted by Crippen LogP contribution is 2.31. The third-order valence-corrected chi connectivity index (χ3v) is 4.51. The van der Waals surface area contributed by atoms with E-state index in [2.05, 4.69) is 25.5 Å². The highest BCUT2D eigenvalue weighted by molar-refractivity contribution is 6.01. The van der Waals surface area contributed by atoms with Gasteiger partial charge in [0.15, 0.2) is 5.82 Å². The summed E-state index contributed by atoms with van der Waals surface area (Å²) in [5.74, 6) is 0.703. The van der Waals surface area contributed by atoms with Crippen LogP contribution in [0.2, 0.25) is 0 Å². The lowest BCUT2D eigenvalue weighted by atomic mass is 10.1. The molecular formula is C20H20FN7. The molecule has 0 amide bonds. The molecule has 0 fully saturated rings. The number of benzene rings is 2. The minimum atomic E-state index is -0.218. The summed E-state index contributed by atoms with van der Waals surface area (Å²) in [5.41, 5.74) is 16.0. The van der Waals surface area contributed by atoms with Gasteiger partial charge >= 0.3 is 0 Å². The maximum absolute atomic E-state index is 13.0. The van der Waals surface area contributed by atoms with Crippen molar-refractivity contribution in [3.63, 3.8) is 0 Å². The Morgan fingerprint density at radius 3 is 2.68 bits per heavy atom. The number of H-pyrrole nitrogens is 1. The van der Waals surface area contributed by atoms with Crippen molar-refractivity contribution in [3.8, 4) is 11.3 Å². The second-order valence-corrected chi connectivity index (χ2v) is 6.52. The highest BCUT2D eigenvalue weighted by Gasteiger charge is 2.12. The normalized spacial score (nSPS) is 11.0. The fourth-order valence-electron chi connectivity index (χ4n) is 3.15. The summed E-state index contributed by atoms with van der Waals surface area (Å²) < 4.78 is 13.0. The van der Waals surface area contributed by atoms with Gasteiger partial charge in [0.25, 0.3) is 0 Å². The summed E-state index contributed by atoms with van der Waals surface area (Å²) in [7, 11) is 0. The lowest BCUT2D eigenvalue weighted by Gasteiger charge is -2.07. The van der Waals surface area contributed by atoms with Crippen molar-refractivity contribution in [1.29, 1.82) is 0 Å². The minimum Gasteiger partial charge on any atom is -0.398 e. The van der Waals surface area contributed by atoms with E-state index in [-0.39, 0.29) is 11.8 Å². The van der Waals surface area contributed by atoms with Gasteiger partial charge in [-0.2, -0.15) is 5.10 Å². The third kappa shape index (κ3) is 3.71. The van der Waals surface area contributed by atoms with Gasteiger partial charge in [0.1, 0.15) is 5.82 Å². The van der Waals surface area contributed by atoms with Crippen LogP contribution in [0.5, 0.6) is 0 Å². The Balaban J connectivity index is 1.47. The third-order valence-electron chi connectivity index (χ3n) is 4.51. The Hall–Kier alpha value is -3.68. The first-order valence-corrected chi connectivity index (χ1v) is 8.95. The van der Waals surface area contributed by atoms with Crippen molar-refractivity contribution in [2.45, 2.75) is 12.8 Å². The van der Waals surface area contributed by atoms with E-state index >= 15 is 0 Å². The molecule has 0 unspecified atom stereocenters. The van der Waals surface area contributed by atoms with Crippen molar-refractivity contribution in [2.24, 2.45) is 0 Å². The quantitative estimate of drug-likeness (QED) is 0.302. The highest BCUT2D eigenvalue weighted by atomic mass is 19.1. The molecule has 28 heavy (non-hydrogen) atoms. The van der Waals surface area contributed by atoms with E-state index in [1.165, 1.54) is 12.1 Å². The molecule has 4 rings (SSSR count). The number of nitrogens with two attached hydrogens (primary N) is 2. The van der Waals surface area contributed by atoms with Gasteiger partial charge in [-0.15, -0.1) is 0 Å². The molecule has 8 heteroatoms. The Morgan fingerprint density at radius 2 is 1.89 bits per heavy atom. The van der Waals surface area contributed by atoms with Crippen LogP contribution in [0.1, 0.15) is 12.0 Å². The van der Waals surface area contributed by atoms with Crippen LogP contribution < -0.4 is 16.8 Å². The predicted molar refractivity (Wildman–Crippen MR) is 109 cm³/mol. The fourth-order valence-corrected chi connectivity index (χ4v) is 3.15. The number of rotatable bonds is 6. The van der Waals surface area contributed by atoms with Crippen LogP contribution >= 0.6 is 0 Å². The Bertz CT molecular complexity index is 1110. The second-order valence-electron chi connectivity index (χ2n) is 6.52. The summed E-state index contributed by atoms with van der Waals surface area (Å²) >= 11 is 0. The Labute approximate surface area is 161 Å². The second kappa shape index (κ2) is 7.51. The van der Waals surface area contributed by atoms with E-state index in [1.807, 2.05) is 12.1 Å². The van der Waals surface area contributed by atoms with Crippen molar-refractivity contribution in [2.75, 3.05) is 23.3 Å². The topological polar surface area (TPSA) is 119 Å². The number of nitrogens with zero attached hydrogens (tertiary/aromatic N) is 3. The average molecular weight is 377 g/mol. The minimum absolute atomic E-state index is 0.212. The summed E-state index contributed by atoms with van der Waals surface area (Å²) in [6.45, 7) is 0.723. The van der Waals surface area contributed by atoms with Crippen molar-refractivity contribution in [3.05, 3.63) is 60.0 Å². The Kier molecular flexibility index (Phi) is 4.76. The molecular weight excluding hydrogens is 357 g/mol. The van der Waals surface area contributed by atoms with Crippen molar-refractivity contribution >= 4 is 28.4 Å². The van der Waals surface area contributed by atoms with Gasteiger partial charge < -0.3 is 16.8 Å². The maximum atomic E-state index is 13.0. The van der Waals surface area contributed by atoms with Crippen LogP contribution in [-0.2, 0) is 6.42 Å². The van der Waals surface area contributed by atoms with Crippen molar-refractivity contribution in [1.82, 2.24) is 20.2 Å². The smallest absolute Gasteiger partial charge is 0.220 e.